The number of alkyl halides is 1. The fourth-order valence-electron chi connectivity index (χ4n) is 1.54. The molecule has 0 N–H and O–H groups in total. The van der Waals surface area contributed by atoms with E-state index in [1.54, 1.807) is 11.8 Å². The van der Waals surface area contributed by atoms with Crippen LogP contribution in [0.3, 0.4) is 0 Å². The van der Waals surface area contributed by atoms with Gasteiger partial charge in [-0.2, -0.15) is 0 Å². The summed E-state index contributed by atoms with van der Waals surface area (Å²) in [6.07, 6.45) is 0. The lowest BCUT2D eigenvalue weighted by molar-refractivity contribution is 0.533. The number of hydrogen-bond donors (Lipinski definition) is 0. The monoisotopic (exact) mass is 198 g/mol. The molecule has 0 nitrogen and oxygen atoms in total. The van der Waals surface area contributed by atoms with Crippen molar-refractivity contribution in [3.63, 3.8) is 0 Å². The van der Waals surface area contributed by atoms with E-state index in [0.717, 1.165) is 0 Å². The molecule has 0 aliphatic rings. The predicted octanol–water partition coefficient (Wildman–Crippen LogP) is 3.67. The summed E-state index contributed by atoms with van der Waals surface area (Å²) in [5, 5.41) is 0. The quantitative estimate of drug-likeness (QED) is 0.668. The van der Waals surface area contributed by atoms with Crippen LogP contribution in [0.1, 0.15) is 16.7 Å². The Bertz CT molecular complexity index is 271. The highest BCUT2D eigenvalue weighted by molar-refractivity contribution is 7.99. The van der Waals surface area contributed by atoms with Gasteiger partial charge in [-0.05, 0) is 31.9 Å². The normalized spacial score (nSPS) is 10.5. The van der Waals surface area contributed by atoms with Gasteiger partial charge in [-0.15, -0.1) is 11.8 Å². The Balaban J connectivity index is 2.92. The summed E-state index contributed by atoms with van der Waals surface area (Å²) >= 11 is 1.61. The van der Waals surface area contributed by atoms with Crippen molar-refractivity contribution in [2.45, 2.75) is 25.7 Å². The molecule has 0 amide bonds. The smallest absolute Gasteiger partial charge is 0.0988 e. The van der Waals surface area contributed by atoms with Crippen molar-refractivity contribution in [3.8, 4) is 0 Å². The summed E-state index contributed by atoms with van der Waals surface area (Å²) in [6, 6.07) is 4.29. The highest BCUT2D eigenvalue weighted by Gasteiger charge is 2.03. The second kappa shape index (κ2) is 4.66. The predicted molar refractivity (Wildman–Crippen MR) is 57.4 cm³/mol. The molecular formula is C11H15FS. The van der Waals surface area contributed by atoms with E-state index >= 15 is 0 Å². The number of hydrogen-bond acceptors (Lipinski definition) is 1. The van der Waals surface area contributed by atoms with Gasteiger partial charge in [0.1, 0.15) is 0 Å². The van der Waals surface area contributed by atoms with Gasteiger partial charge in [-0.3, -0.25) is 4.39 Å². The lowest BCUT2D eigenvalue weighted by atomic mass is 10.1. The molecule has 0 radical (unpaired) electrons. The van der Waals surface area contributed by atoms with Crippen LogP contribution >= 0.6 is 11.8 Å². The van der Waals surface area contributed by atoms with E-state index in [2.05, 4.69) is 32.9 Å². The molecule has 0 fully saturated rings. The van der Waals surface area contributed by atoms with Crippen LogP contribution in [0.2, 0.25) is 0 Å². The van der Waals surface area contributed by atoms with E-state index in [4.69, 9.17) is 0 Å². The summed E-state index contributed by atoms with van der Waals surface area (Å²) < 4.78 is 12.0. The first-order valence-corrected chi connectivity index (χ1v) is 5.40. The fraction of sp³-hybridized carbons (Fsp3) is 0.455. The maximum absolute atomic E-state index is 12.0. The van der Waals surface area contributed by atoms with E-state index in [1.165, 1.54) is 21.6 Å². The molecule has 0 saturated heterocycles. The maximum atomic E-state index is 12.0. The van der Waals surface area contributed by atoms with E-state index in [-0.39, 0.29) is 6.67 Å². The molecular weight excluding hydrogens is 183 g/mol. The molecule has 1 rings (SSSR count). The van der Waals surface area contributed by atoms with E-state index in [1.807, 2.05) is 0 Å². The lowest BCUT2D eigenvalue weighted by Gasteiger charge is -2.09. The third kappa shape index (κ3) is 2.73. The Morgan fingerprint density at radius 3 is 2.15 bits per heavy atom. The van der Waals surface area contributed by atoms with Crippen molar-refractivity contribution in [1.29, 1.82) is 0 Å². The van der Waals surface area contributed by atoms with Crippen molar-refractivity contribution in [3.05, 3.63) is 28.8 Å². The summed E-state index contributed by atoms with van der Waals surface area (Å²) in [6.45, 7) is 6.00. The van der Waals surface area contributed by atoms with Crippen LogP contribution in [0.25, 0.3) is 0 Å². The first kappa shape index (κ1) is 10.6. The zero-order chi connectivity index (χ0) is 9.84. The average molecular weight is 198 g/mol. The van der Waals surface area contributed by atoms with Gasteiger partial charge in [0.05, 0.1) is 6.67 Å². The second-order valence-electron chi connectivity index (χ2n) is 3.27. The minimum atomic E-state index is -0.253. The third-order valence-corrected chi connectivity index (χ3v) is 3.22. The van der Waals surface area contributed by atoms with Crippen LogP contribution < -0.4 is 0 Å². The fourth-order valence-corrected chi connectivity index (χ4v) is 2.39. The van der Waals surface area contributed by atoms with Crippen LogP contribution in [-0.4, -0.2) is 12.4 Å². The first-order valence-electron chi connectivity index (χ1n) is 4.41. The van der Waals surface area contributed by atoms with Crippen LogP contribution in [0.5, 0.6) is 0 Å². The van der Waals surface area contributed by atoms with Gasteiger partial charge in [0.2, 0.25) is 0 Å². The molecule has 1 aromatic rings. The first-order chi connectivity index (χ1) is 6.15. The number of benzene rings is 1. The van der Waals surface area contributed by atoms with Gasteiger partial charge in [-0.25, -0.2) is 0 Å². The topological polar surface area (TPSA) is 0 Å². The van der Waals surface area contributed by atoms with Crippen LogP contribution in [0.15, 0.2) is 17.0 Å². The van der Waals surface area contributed by atoms with Crippen molar-refractivity contribution in [2.75, 3.05) is 12.4 Å². The number of halogens is 1. The summed E-state index contributed by atoms with van der Waals surface area (Å²) in [4.78, 5) is 1.24. The van der Waals surface area contributed by atoms with Gasteiger partial charge < -0.3 is 0 Å². The molecule has 0 spiro atoms. The largest absolute Gasteiger partial charge is 0.250 e. The number of thioether (sulfide) groups is 1. The summed E-state index contributed by atoms with van der Waals surface area (Å²) in [5.41, 5.74) is 3.80. The molecule has 13 heavy (non-hydrogen) atoms. The molecule has 0 bridgehead atoms. The molecule has 0 heterocycles. The molecule has 1 aromatic carbocycles. The van der Waals surface area contributed by atoms with Gasteiger partial charge >= 0.3 is 0 Å². The maximum Gasteiger partial charge on any atom is 0.0988 e. The van der Waals surface area contributed by atoms with Crippen molar-refractivity contribution >= 4 is 11.8 Å². The molecule has 2 heteroatoms. The number of rotatable bonds is 3. The minimum Gasteiger partial charge on any atom is -0.250 e. The van der Waals surface area contributed by atoms with Crippen LogP contribution in [0.4, 0.5) is 4.39 Å². The lowest BCUT2D eigenvalue weighted by Crippen LogP contribution is -1.89. The molecule has 0 aliphatic heterocycles. The van der Waals surface area contributed by atoms with Crippen molar-refractivity contribution in [1.82, 2.24) is 0 Å². The Hall–Kier alpha value is -0.500. The average Bonchev–Trinajstić information content (AvgIpc) is 2.02. The van der Waals surface area contributed by atoms with Gasteiger partial charge in [0.25, 0.3) is 0 Å². The van der Waals surface area contributed by atoms with Crippen molar-refractivity contribution in [2.24, 2.45) is 0 Å². The van der Waals surface area contributed by atoms with Crippen molar-refractivity contribution < 1.29 is 4.39 Å². The van der Waals surface area contributed by atoms with E-state index in [0.29, 0.717) is 5.75 Å². The molecule has 0 saturated carbocycles. The summed E-state index contributed by atoms with van der Waals surface area (Å²) in [7, 11) is 0. The minimum absolute atomic E-state index is 0.253. The van der Waals surface area contributed by atoms with E-state index in [9.17, 15) is 4.39 Å². The Morgan fingerprint density at radius 2 is 1.69 bits per heavy atom. The zero-order valence-electron chi connectivity index (χ0n) is 8.36. The van der Waals surface area contributed by atoms with Gasteiger partial charge in [-0.1, -0.05) is 17.7 Å². The Morgan fingerprint density at radius 1 is 1.15 bits per heavy atom. The number of aryl methyl sites for hydroxylation is 3. The highest BCUT2D eigenvalue weighted by Crippen LogP contribution is 2.27. The standard InChI is InChI=1S/C11H15FS/c1-8-6-9(2)11(10(3)7-8)13-5-4-12/h6-7H,4-5H2,1-3H3. The van der Waals surface area contributed by atoms with Gasteiger partial charge in [0, 0.05) is 10.6 Å². The highest BCUT2D eigenvalue weighted by atomic mass is 32.2. The molecule has 0 atom stereocenters. The molecule has 0 aliphatic carbocycles. The molecule has 72 valence electrons. The molecule has 0 aromatic heterocycles. The van der Waals surface area contributed by atoms with Crippen LogP contribution in [-0.2, 0) is 0 Å². The van der Waals surface area contributed by atoms with Crippen LogP contribution in [0, 0.1) is 20.8 Å². The van der Waals surface area contributed by atoms with Gasteiger partial charge in [0.15, 0.2) is 0 Å². The molecule has 0 unspecified atom stereocenters. The summed E-state index contributed by atoms with van der Waals surface area (Å²) in [5.74, 6) is 0.560. The third-order valence-electron chi connectivity index (χ3n) is 1.93. The Kier molecular flexibility index (Phi) is 3.79. The zero-order valence-corrected chi connectivity index (χ0v) is 9.17. The Labute approximate surface area is 83.5 Å². The SMILES string of the molecule is Cc1cc(C)c(SCCF)c(C)c1. The second-order valence-corrected chi connectivity index (χ2v) is 4.37. The van der Waals surface area contributed by atoms with E-state index < -0.39 is 0 Å².